The Balaban J connectivity index is 0.000000406. The molecule has 0 spiro atoms. The summed E-state index contributed by atoms with van der Waals surface area (Å²) in [6.45, 7) is 2.61. The summed E-state index contributed by atoms with van der Waals surface area (Å²) in [6.07, 6.45) is -3.56. The van der Waals surface area contributed by atoms with E-state index in [1.54, 1.807) is 24.4 Å². The first kappa shape index (κ1) is 25.2. The number of thiazole rings is 1. The van der Waals surface area contributed by atoms with Crippen molar-refractivity contribution in [3.8, 4) is 5.75 Å². The molecule has 2 N–H and O–H groups in total. The van der Waals surface area contributed by atoms with Gasteiger partial charge in [0.1, 0.15) is 18.2 Å². The van der Waals surface area contributed by atoms with Gasteiger partial charge in [0.05, 0.1) is 17.1 Å². The minimum absolute atomic E-state index is 0.0772. The minimum Gasteiger partial charge on any atom is -0.489 e. The molecular formula is C20H17F4N3O5S2. The van der Waals surface area contributed by atoms with Gasteiger partial charge in [0, 0.05) is 23.3 Å². The van der Waals surface area contributed by atoms with Crippen LogP contribution in [0.5, 0.6) is 5.75 Å². The number of hydrogen-bond acceptors (Lipinski definition) is 7. The van der Waals surface area contributed by atoms with Crippen molar-refractivity contribution in [2.75, 3.05) is 22.8 Å². The Labute approximate surface area is 195 Å². The molecule has 0 saturated carbocycles. The predicted octanol–water partition coefficient (Wildman–Crippen LogP) is 4.56. The van der Waals surface area contributed by atoms with Gasteiger partial charge >= 0.3 is 12.1 Å². The molecule has 182 valence electrons. The zero-order valence-corrected chi connectivity index (χ0v) is 19.0. The van der Waals surface area contributed by atoms with E-state index in [0.717, 1.165) is 0 Å². The van der Waals surface area contributed by atoms with Crippen molar-refractivity contribution in [3.63, 3.8) is 0 Å². The predicted molar refractivity (Wildman–Crippen MR) is 117 cm³/mol. The van der Waals surface area contributed by atoms with Gasteiger partial charge in [-0.1, -0.05) is 6.07 Å². The Kier molecular flexibility index (Phi) is 7.31. The molecule has 14 heteroatoms. The van der Waals surface area contributed by atoms with Crippen molar-refractivity contribution in [3.05, 3.63) is 59.4 Å². The Bertz CT molecular complexity index is 1280. The van der Waals surface area contributed by atoms with Crippen LogP contribution in [-0.2, 0) is 14.8 Å². The largest absolute Gasteiger partial charge is 0.490 e. The van der Waals surface area contributed by atoms with Crippen molar-refractivity contribution in [2.24, 2.45) is 0 Å². The van der Waals surface area contributed by atoms with Gasteiger partial charge in [-0.3, -0.25) is 4.72 Å². The van der Waals surface area contributed by atoms with Gasteiger partial charge in [0.15, 0.2) is 5.13 Å². The molecule has 0 atom stereocenters. The van der Waals surface area contributed by atoms with E-state index < -0.39 is 22.2 Å². The maximum atomic E-state index is 14.0. The number of rotatable bonds is 4. The topological polar surface area (TPSA) is 109 Å². The minimum atomic E-state index is -5.08. The third-order valence-corrected chi connectivity index (χ3v) is 6.62. The highest BCUT2D eigenvalue weighted by molar-refractivity contribution is 7.93. The van der Waals surface area contributed by atoms with E-state index in [2.05, 4.69) is 9.71 Å². The van der Waals surface area contributed by atoms with Gasteiger partial charge in [-0.25, -0.2) is 22.6 Å². The van der Waals surface area contributed by atoms with Crippen LogP contribution in [0.15, 0.2) is 52.9 Å². The van der Waals surface area contributed by atoms with Crippen molar-refractivity contribution < 1.29 is 40.6 Å². The van der Waals surface area contributed by atoms with Gasteiger partial charge in [-0.05, 0) is 36.8 Å². The van der Waals surface area contributed by atoms with Crippen LogP contribution in [-0.4, -0.2) is 43.8 Å². The lowest BCUT2D eigenvalue weighted by molar-refractivity contribution is -0.192. The number of ether oxygens (including phenoxy) is 1. The van der Waals surface area contributed by atoms with E-state index >= 15 is 0 Å². The van der Waals surface area contributed by atoms with Crippen molar-refractivity contribution in [1.82, 2.24) is 4.98 Å². The van der Waals surface area contributed by atoms with Crippen molar-refractivity contribution >= 4 is 43.8 Å². The summed E-state index contributed by atoms with van der Waals surface area (Å²) < 4.78 is 78.9. The van der Waals surface area contributed by atoms with Crippen LogP contribution in [0, 0.1) is 12.7 Å². The molecule has 0 radical (unpaired) electrons. The number of nitrogens with zero attached hydrogens (tertiary/aromatic N) is 2. The molecule has 34 heavy (non-hydrogen) atoms. The van der Waals surface area contributed by atoms with Crippen LogP contribution in [0.2, 0.25) is 0 Å². The smallest absolute Gasteiger partial charge is 0.489 e. The standard InChI is InChI=1S/C18H16FN3O3S2.C2HF3O2/c1-12-2-3-13(10-15(12)19)22-7-8-25-17-11-14(4-5-16(17)22)27(23,24)21-18-20-6-9-26-18;3-2(4,5)1(6)7/h2-6,9-11H,7-8H2,1H3,(H,20,21);(H,6,7). The number of fused-ring (bicyclic) bond motifs is 1. The maximum absolute atomic E-state index is 14.0. The molecule has 1 aromatic heterocycles. The van der Waals surface area contributed by atoms with Gasteiger partial charge in [-0.2, -0.15) is 13.2 Å². The molecule has 0 fully saturated rings. The van der Waals surface area contributed by atoms with Gasteiger partial charge in [0.25, 0.3) is 10.0 Å². The zero-order valence-electron chi connectivity index (χ0n) is 17.3. The molecule has 0 unspecified atom stereocenters. The first-order valence-corrected chi connectivity index (χ1v) is 11.8. The fourth-order valence-electron chi connectivity index (χ4n) is 2.83. The molecule has 1 aliphatic rings. The Morgan fingerprint density at radius 2 is 1.94 bits per heavy atom. The normalized spacial score (nSPS) is 13.3. The molecule has 0 amide bonds. The molecule has 0 aliphatic carbocycles. The fourth-order valence-corrected chi connectivity index (χ4v) is 4.64. The average molecular weight is 519 g/mol. The van der Waals surface area contributed by atoms with Gasteiger partial charge in [-0.15, -0.1) is 11.3 Å². The summed E-state index contributed by atoms with van der Waals surface area (Å²) in [7, 11) is -3.77. The summed E-state index contributed by atoms with van der Waals surface area (Å²) in [5, 5.41) is 9.11. The molecule has 3 aromatic rings. The maximum Gasteiger partial charge on any atom is 0.490 e. The number of sulfonamides is 1. The van der Waals surface area contributed by atoms with Gasteiger partial charge in [0.2, 0.25) is 0 Å². The second kappa shape index (κ2) is 9.85. The Morgan fingerprint density at radius 1 is 1.24 bits per heavy atom. The number of nitrogens with one attached hydrogen (secondary N) is 1. The van der Waals surface area contributed by atoms with Crippen LogP contribution in [0.25, 0.3) is 0 Å². The monoisotopic (exact) mass is 519 g/mol. The highest BCUT2D eigenvalue weighted by atomic mass is 32.2. The number of anilines is 3. The van der Waals surface area contributed by atoms with Crippen LogP contribution in [0.1, 0.15) is 5.56 Å². The molecule has 2 aromatic carbocycles. The van der Waals surface area contributed by atoms with Crippen molar-refractivity contribution in [1.29, 1.82) is 0 Å². The number of benzene rings is 2. The lowest BCUT2D eigenvalue weighted by atomic mass is 10.1. The van der Waals surface area contributed by atoms with Crippen molar-refractivity contribution in [2.45, 2.75) is 18.0 Å². The van der Waals surface area contributed by atoms with Crippen LogP contribution in [0.4, 0.5) is 34.1 Å². The third kappa shape index (κ3) is 5.94. The number of carbonyl (C=O) groups is 1. The summed E-state index contributed by atoms with van der Waals surface area (Å²) in [4.78, 5) is 14.8. The van der Waals surface area contributed by atoms with Crippen LogP contribution in [0.3, 0.4) is 0 Å². The number of carboxylic acids is 1. The van der Waals surface area contributed by atoms with E-state index in [1.807, 2.05) is 11.0 Å². The molecule has 0 bridgehead atoms. The lowest BCUT2D eigenvalue weighted by Crippen LogP contribution is -2.29. The van der Waals surface area contributed by atoms with E-state index in [4.69, 9.17) is 14.6 Å². The molecule has 2 heterocycles. The quantitative estimate of drug-likeness (QED) is 0.487. The highest BCUT2D eigenvalue weighted by Crippen LogP contribution is 2.38. The van der Waals surface area contributed by atoms with E-state index in [0.29, 0.717) is 41.0 Å². The van der Waals surface area contributed by atoms with Crippen LogP contribution >= 0.6 is 11.3 Å². The first-order valence-electron chi connectivity index (χ1n) is 9.41. The molecular weight excluding hydrogens is 502 g/mol. The number of aliphatic carboxylic acids is 1. The van der Waals surface area contributed by atoms with E-state index in [9.17, 15) is 26.0 Å². The number of alkyl halides is 3. The first-order chi connectivity index (χ1) is 15.9. The molecule has 0 saturated heterocycles. The zero-order chi connectivity index (χ0) is 25.1. The highest BCUT2D eigenvalue weighted by Gasteiger charge is 2.38. The second-order valence-electron chi connectivity index (χ2n) is 6.81. The number of carboxylic acid groups (broad SMARTS) is 1. The molecule has 8 nitrogen and oxygen atoms in total. The Hall–Kier alpha value is -3.39. The average Bonchev–Trinajstić information content (AvgIpc) is 3.27. The summed E-state index contributed by atoms with van der Waals surface area (Å²) in [5.41, 5.74) is 1.96. The summed E-state index contributed by atoms with van der Waals surface area (Å²) >= 11 is 1.20. The lowest BCUT2D eigenvalue weighted by Gasteiger charge is -2.31. The second-order valence-corrected chi connectivity index (χ2v) is 9.39. The fraction of sp³-hybridized carbons (Fsp3) is 0.200. The summed E-state index contributed by atoms with van der Waals surface area (Å²) in [5.74, 6) is -2.61. The third-order valence-electron chi connectivity index (χ3n) is 4.47. The van der Waals surface area contributed by atoms with E-state index in [1.165, 1.54) is 35.7 Å². The Morgan fingerprint density at radius 3 is 2.53 bits per heavy atom. The number of aromatic nitrogens is 1. The number of aryl methyl sites for hydroxylation is 1. The number of hydrogen-bond donors (Lipinski definition) is 2. The van der Waals surface area contributed by atoms with Gasteiger partial charge < -0.3 is 14.7 Å². The SMILES string of the molecule is Cc1ccc(N2CCOc3cc(S(=O)(=O)Nc4nccs4)ccc32)cc1F.O=C(O)C(F)(F)F. The van der Waals surface area contributed by atoms with Crippen LogP contribution < -0.4 is 14.4 Å². The number of halogens is 4. The molecule has 1 aliphatic heterocycles. The summed E-state index contributed by atoms with van der Waals surface area (Å²) in [6, 6.07) is 9.67. The molecule has 4 rings (SSSR count). The van der Waals surface area contributed by atoms with E-state index in [-0.39, 0.29) is 10.7 Å².